The summed E-state index contributed by atoms with van der Waals surface area (Å²) >= 11 is 9.14. The molecule has 6 heteroatoms. The van der Waals surface area contributed by atoms with Gasteiger partial charge in [-0.3, -0.25) is 9.59 Å². The van der Waals surface area contributed by atoms with Crippen LogP contribution >= 0.6 is 27.5 Å². The van der Waals surface area contributed by atoms with Crippen molar-refractivity contribution in [1.82, 2.24) is 0 Å². The van der Waals surface area contributed by atoms with Crippen molar-refractivity contribution in [2.75, 3.05) is 4.90 Å². The molecule has 0 N–H and O–H groups in total. The number of fused-ring (bicyclic) bond motifs is 1. The molecule has 0 aromatic heterocycles. The van der Waals surface area contributed by atoms with Gasteiger partial charge in [-0.25, -0.2) is 4.39 Å². The minimum atomic E-state index is -0.658. The van der Waals surface area contributed by atoms with Crippen molar-refractivity contribution < 1.29 is 14.0 Å². The van der Waals surface area contributed by atoms with Crippen molar-refractivity contribution in [2.24, 2.45) is 0 Å². The molecule has 0 unspecified atom stereocenters. The Balaban J connectivity index is 2.05. The van der Waals surface area contributed by atoms with Crippen molar-refractivity contribution in [3.05, 3.63) is 62.8 Å². The first-order chi connectivity index (χ1) is 10.0. The zero-order chi connectivity index (χ0) is 15.1. The van der Waals surface area contributed by atoms with E-state index in [1.807, 2.05) is 0 Å². The molecule has 2 aromatic rings. The zero-order valence-electron chi connectivity index (χ0n) is 10.6. The van der Waals surface area contributed by atoms with E-state index in [1.54, 1.807) is 30.3 Å². The van der Waals surface area contributed by atoms with Crippen molar-refractivity contribution >= 4 is 44.9 Å². The molecule has 1 aliphatic rings. The zero-order valence-corrected chi connectivity index (χ0v) is 12.9. The number of carbonyl (C=O) groups is 2. The third kappa shape index (κ3) is 2.26. The number of amides is 1. The standard InChI is InChI=1S/C15H8BrClFNO2/c16-13-8(3-1-5-10(13)18)7-19-11-6-2-4-9(17)12(11)14(20)15(19)21/h1-6H,7H2. The van der Waals surface area contributed by atoms with Gasteiger partial charge in [-0.15, -0.1) is 0 Å². The molecule has 106 valence electrons. The second-order valence-corrected chi connectivity index (χ2v) is 5.77. The number of rotatable bonds is 2. The summed E-state index contributed by atoms with van der Waals surface area (Å²) in [5, 5.41) is 0.242. The Morgan fingerprint density at radius 1 is 1.14 bits per heavy atom. The first-order valence-electron chi connectivity index (χ1n) is 6.08. The number of hydrogen-bond acceptors (Lipinski definition) is 2. The Kier molecular flexibility index (Phi) is 3.55. The molecular weight excluding hydrogens is 361 g/mol. The molecule has 0 radical (unpaired) electrons. The monoisotopic (exact) mass is 367 g/mol. The van der Waals surface area contributed by atoms with Gasteiger partial charge in [0.05, 0.1) is 27.3 Å². The van der Waals surface area contributed by atoms with Crippen LogP contribution < -0.4 is 4.90 Å². The second kappa shape index (κ2) is 5.24. The highest BCUT2D eigenvalue weighted by Gasteiger charge is 2.37. The van der Waals surface area contributed by atoms with Crippen molar-refractivity contribution in [2.45, 2.75) is 6.54 Å². The molecule has 21 heavy (non-hydrogen) atoms. The van der Waals surface area contributed by atoms with Crippen LogP contribution in [0.15, 0.2) is 40.9 Å². The highest BCUT2D eigenvalue weighted by molar-refractivity contribution is 9.10. The SMILES string of the molecule is O=C1C(=O)N(Cc2cccc(F)c2Br)c2cccc(Cl)c21. The minimum absolute atomic E-state index is 0.0935. The Morgan fingerprint density at radius 3 is 2.62 bits per heavy atom. The van der Waals surface area contributed by atoms with Crippen LogP contribution in [0.25, 0.3) is 0 Å². The first-order valence-corrected chi connectivity index (χ1v) is 7.25. The number of halogens is 3. The first kappa shape index (κ1) is 14.2. The van der Waals surface area contributed by atoms with Crippen LogP contribution in [0.5, 0.6) is 0 Å². The fourth-order valence-electron chi connectivity index (χ4n) is 2.30. The molecule has 1 amide bonds. The molecule has 1 aliphatic heterocycles. The third-order valence-electron chi connectivity index (χ3n) is 3.31. The molecule has 0 saturated heterocycles. The molecule has 0 fully saturated rings. The smallest absolute Gasteiger partial charge is 0.299 e. The summed E-state index contributed by atoms with van der Waals surface area (Å²) in [6.45, 7) is 0.0935. The predicted molar refractivity (Wildman–Crippen MR) is 81.1 cm³/mol. The number of anilines is 1. The maximum absolute atomic E-state index is 13.5. The molecule has 0 spiro atoms. The van der Waals surface area contributed by atoms with E-state index < -0.39 is 17.5 Å². The maximum atomic E-state index is 13.5. The van der Waals surface area contributed by atoms with Crippen LogP contribution in [0.4, 0.5) is 10.1 Å². The normalized spacial score (nSPS) is 13.8. The number of nitrogens with zero attached hydrogens (tertiary/aromatic N) is 1. The summed E-state index contributed by atoms with van der Waals surface area (Å²) in [7, 11) is 0. The fourth-order valence-corrected chi connectivity index (χ4v) is 2.94. The van der Waals surface area contributed by atoms with Crippen LogP contribution in [0.3, 0.4) is 0 Å². The molecule has 0 saturated carbocycles. The summed E-state index contributed by atoms with van der Waals surface area (Å²) in [5.41, 5.74) is 1.23. The topological polar surface area (TPSA) is 37.4 Å². The Hall–Kier alpha value is -1.72. The van der Waals surface area contributed by atoms with Crippen LogP contribution in [-0.4, -0.2) is 11.7 Å². The quantitative estimate of drug-likeness (QED) is 0.752. The van der Waals surface area contributed by atoms with E-state index in [1.165, 1.54) is 11.0 Å². The van der Waals surface area contributed by atoms with Gasteiger partial charge in [0.25, 0.3) is 11.7 Å². The lowest BCUT2D eigenvalue weighted by Crippen LogP contribution is -2.29. The lowest BCUT2D eigenvalue weighted by atomic mass is 10.1. The van der Waals surface area contributed by atoms with E-state index in [4.69, 9.17) is 11.6 Å². The summed E-state index contributed by atoms with van der Waals surface area (Å²) < 4.78 is 13.8. The minimum Gasteiger partial charge on any atom is -0.300 e. The molecule has 3 rings (SSSR count). The third-order valence-corrected chi connectivity index (χ3v) is 4.51. The average Bonchev–Trinajstić information content (AvgIpc) is 2.70. The van der Waals surface area contributed by atoms with E-state index in [9.17, 15) is 14.0 Å². The number of benzene rings is 2. The molecular formula is C15H8BrClFNO2. The van der Waals surface area contributed by atoms with Crippen molar-refractivity contribution in [3.63, 3.8) is 0 Å². The molecule has 0 atom stereocenters. The van der Waals surface area contributed by atoms with Crippen LogP contribution in [0, 0.1) is 5.82 Å². The van der Waals surface area contributed by atoms with E-state index in [0.717, 1.165) is 0 Å². The van der Waals surface area contributed by atoms with Gasteiger partial charge in [-0.05, 0) is 39.7 Å². The highest BCUT2D eigenvalue weighted by Crippen LogP contribution is 2.35. The largest absolute Gasteiger partial charge is 0.300 e. The fraction of sp³-hybridized carbons (Fsp3) is 0.0667. The Morgan fingerprint density at radius 2 is 1.86 bits per heavy atom. The van der Waals surface area contributed by atoms with Gasteiger partial charge < -0.3 is 4.90 Å². The number of hydrogen-bond donors (Lipinski definition) is 0. The predicted octanol–water partition coefficient (Wildman–Crippen LogP) is 3.97. The number of ketones is 1. The molecule has 0 bridgehead atoms. The molecule has 1 heterocycles. The van der Waals surface area contributed by atoms with E-state index in [-0.39, 0.29) is 21.6 Å². The summed E-state index contributed by atoms with van der Waals surface area (Å²) in [6, 6.07) is 9.44. The summed E-state index contributed by atoms with van der Waals surface area (Å²) in [5.74, 6) is -1.71. The number of carbonyl (C=O) groups excluding carboxylic acids is 2. The molecule has 0 aliphatic carbocycles. The van der Waals surface area contributed by atoms with Gasteiger partial charge in [0, 0.05) is 0 Å². The van der Waals surface area contributed by atoms with Crippen molar-refractivity contribution in [3.8, 4) is 0 Å². The van der Waals surface area contributed by atoms with Crippen molar-refractivity contribution in [1.29, 1.82) is 0 Å². The van der Waals surface area contributed by atoms with Crippen LogP contribution in [0.2, 0.25) is 5.02 Å². The Bertz CT molecular complexity index is 778. The lowest BCUT2D eigenvalue weighted by molar-refractivity contribution is -0.114. The lowest BCUT2D eigenvalue weighted by Gasteiger charge is -2.17. The van der Waals surface area contributed by atoms with Gasteiger partial charge in [0.1, 0.15) is 5.82 Å². The second-order valence-electron chi connectivity index (χ2n) is 4.57. The highest BCUT2D eigenvalue weighted by atomic mass is 79.9. The van der Waals surface area contributed by atoms with Gasteiger partial charge in [-0.1, -0.05) is 29.8 Å². The molecule has 3 nitrogen and oxygen atoms in total. The Labute approximate surface area is 133 Å². The van der Waals surface area contributed by atoms with Gasteiger partial charge in [0.15, 0.2) is 0 Å². The summed E-state index contributed by atoms with van der Waals surface area (Å²) in [6.07, 6.45) is 0. The van der Waals surface area contributed by atoms with Gasteiger partial charge in [0.2, 0.25) is 0 Å². The van der Waals surface area contributed by atoms with E-state index >= 15 is 0 Å². The van der Waals surface area contributed by atoms with E-state index in [0.29, 0.717) is 11.3 Å². The van der Waals surface area contributed by atoms with E-state index in [2.05, 4.69) is 15.9 Å². The maximum Gasteiger partial charge on any atom is 0.299 e. The molecule has 2 aromatic carbocycles. The van der Waals surface area contributed by atoms with Gasteiger partial charge >= 0.3 is 0 Å². The average molecular weight is 369 g/mol. The van der Waals surface area contributed by atoms with Crippen LogP contribution in [-0.2, 0) is 11.3 Å². The van der Waals surface area contributed by atoms with Crippen LogP contribution in [0.1, 0.15) is 15.9 Å². The number of Topliss-reactive ketones (excluding diaryl/α,β-unsaturated/α-hetero) is 1. The van der Waals surface area contributed by atoms with Gasteiger partial charge in [-0.2, -0.15) is 0 Å². The summed E-state index contributed by atoms with van der Waals surface area (Å²) in [4.78, 5) is 25.4.